The van der Waals surface area contributed by atoms with Crippen molar-refractivity contribution >= 4 is 39.7 Å². The van der Waals surface area contributed by atoms with Gasteiger partial charge < -0.3 is 10.1 Å². The number of aliphatic hydroxyl groups excluding tert-OH is 1. The molecule has 0 saturated carbocycles. The van der Waals surface area contributed by atoms with Gasteiger partial charge in [-0.1, -0.05) is 60.3 Å². The normalized spacial score (nSPS) is 12.0. The number of para-hydroxylation sites is 2. The van der Waals surface area contributed by atoms with Gasteiger partial charge in [-0.3, -0.25) is 4.57 Å². The number of nitrogens with zero attached hydrogens (tertiary/aromatic N) is 5. The summed E-state index contributed by atoms with van der Waals surface area (Å²) in [5, 5.41) is 31.9. The highest BCUT2D eigenvalue weighted by Gasteiger charge is 2.18. The number of imidazole rings is 1. The van der Waals surface area contributed by atoms with Crippen molar-refractivity contribution in [2.45, 2.75) is 11.7 Å². The molecule has 3 heterocycles. The topological polar surface area (TPSA) is 103 Å². The first kappa shape index (κ1) is 21.0. The maximum atomic E-state index is 10.7. The van der Waals surface area contributed by atoms with Gasteiger partial charge in [0.15, 0.2) is 16.8 Å². The molecule has 0 aliphatic heterocycles. The Labute approximate surface area is 198 Å². The van der Waals surface area contributed by atoms with Crippen molar-refractivity contribution in [3.8, 4) is 16.8 Å². The first-order valence-electron chi connectivity index (χ1n) is 10.1. The molecule has 2 aromatic carbocycles. The van der Waals surface area contributed by atoms with E-state index < -0.39 is 0 Å². The van der Waals surface area contributed by atoms with Crippen molar-refractivity contribution in [1.29, 1.82) is 5.26 Å². The lowest BCUT2D eigenvalue weighted by Crippen LogP contribution is -2.04. The van der Waals surface area contributed by atoms with Crippen LogP contribution in [0, 0.1) is 11.3 Å². The molecule has 0 amide bonds. The third-order valence-electron chi connectivity index (χ3n) is 5.01. The van der Waals surface area contributed by atoms with Crippen LogP contribution in [0.15, 0.2) is 83.0 Å². The lowest BCUT2D eigenvalue weighted by Gasteiger charge is -2.10. The average Bonchev–Trinajstić information content (AvgIpc) is 3.59. The van der Waals surface area contributed by atoms with Gasteiger partial charge in [0.2, 0.25) is 0 Å². The molecule has 0 saturated heterocycles. The fourth-order valence-corrected chi connectivity index (χ4v) is 4.96. The Balaban J connectivity index is 1.44. The van der Waals surface area contributed by atoms with Gasteiger partial charge in [0.25, 0.3) is 0 Å². The van der Waals surface area contributed by atoms with Crippen LogP contribution < -0.4 is 0 Å². The van der Waals surface area contributed by atoms with E-state index in [-0.39, 0.29) is 17.1 Å². The van der Waals surface area contributed by atoms with E-state index in [1.165, 1.54) is 11.8 Å². The number of aliphatic hydroxyl groups is 1. The van der Waals surface area contributed by atoms with Crippen molar-refractivity contribution in [2.24, 2.45) is 0 Å². The van der Waals surface area contributed by atoms with Crippen LogP contribution in [0.4, 0.5) is 0 Å². The van der Waals surface area contributed by atoms with E-state index in [9.17, 15) is 10.4 Å². The quantitative estimate of drug-likeness (QED) is 0.184. The SMILES string of the molecule is N#C/C(=C(/O)CSc1nnc(-c2cccs2)n1Cc1ccccc1)c1nc2ccccc2[nH]1. The summed E-state index contributed by atoms with van der Waals surface area (Å²) in [7, 11) is 0. The number of allylic oxidation sites excluding steroid dienone is 1. The number of H-pyrrole nitrogens is 1. The van der Waals surface area contributed by atoms with E-state index in [2.05, 4.69) is 38.4 Å². The predicted octanol–water partition coefficient (Wildman–Crippen LogP) is 5.52. The molecule has 162 valence electrons. The number of hydrogen-bond donors (Lipinski definition) is 2. The van der Waals surface area contributed by atoms with Crippen LogP contribution in [0.1, 0.15) is 11.4 Å². The number of nitrogens with one attached hydrogen (secondary N) is 1. The molecule has 0 spiro atoms. The van der Waals surface area contributed by atoms with Gasteiger partial charge in [0.05, 0.1) is 28.2 Å². The number of aromatic amines is 1. The number of fused-ring (bicyclic) bond motifs is 1. The highest BCUT2D eigenvalue weighted by atomic mass is 32.2. The Kier molecular flexibility index (Phi) is 5.93. The smallest absolute Gasteiger partial charge is 0.192 e. The van der Waals surface area contributed by atoms with Crippen LogP contribution in [0.25, 0.3) is 27.3 Å². The number of thiophene rings is 1. The Hall–Kier alpha value is -3.87. The van der Waals surface area contributed by atoms with Gasteiger partial charge in [-0.05, 0) is 29.1 Å². The standard InChI is InChI=1S/C24H18N6OS2/c25-13-17(22-26-18-9-4-5-10-19(18)27-22)20(31)15-33-24-29-28-23(21-11-6-12-32-21)30(24)14-16-7-2-1-3-8-16/h1-12,31H,14-15H2,(H,26,27)/b20-17-. The highest BCUT2D eigenvalue weighted by molar-refractivity contribution is 7.99. The summed E-state index contributed by atoms with van der Waals surface area (Å²) >= 11 is 2.93. The number of nitriles is 1. The van der Waals surface area contributed by atoms with Crippen molar-refractivity contribution in [3.05, 3.63) is 89.3 Å². The molecule has 3 aromatic heterocycles. The van der Waals surface area contributed by atoms with Crippen LogP contribution in [0.5, 0.6) is 0 Å². The monoisotopic (exact) mass is 470 g/mol. The minimum Gasteiger partial charge on any atom is -0.510 e. The van der Waals surface area contributed by atoms with Crippen LogP contribution in [0.3, 0.4) is 0 Å². The molecule has 0 fully saturated rings. The Morgan fingerprint density at radius 3 is 2.64 bits per heavy atom. The number of benzene rings is 2. The van der Waals surface area contributed by atoms with E-state index in [1.807, 2.05) is 64.5 Å². The summed E-state index contributed by atoms with van der Waals surface area (Å²) in [5.41, 5.74) is 2.79. The molecule has 0 bridgehead atoms. The number of aromatic nitrogens is 5. The minimum absolute atomic E-state index is 0.0616. The summed E-state index contributed by atoms with van der Waals surface area (Å²) in [6.45, 7) is 0.600. The first-order chi connectivity index (χ1) is 16.2. The number of rotatable bonds is 7. The van der Waals surface area contributed by atoms with Crippen molar-refractivity contribution in [2.75, 3.05) is 5.75 Å². The lowest BCUT2D eigenvalue weighted by molar-refractivity contribution is 0.420. The van der Waals surface area contributed by atoms with Gasteiger partial charge >= 0.3 is 0 Å². The van der Waals surface area contributed by atoms with Crippen LogP contribution in [0.2, 0.25) is 0 Å². The third kappa shape index (κ3) is 4.39. The Bertz CT molecular complexity index is 1430. The fraction of sp³-hybridized carbons (Fsp3) is 0.0833. The Morgan fingerprint density at radius 2 is 1.88 bits per heavy atom. The molecular weight excluding hydrogens is 452 g/mol. The zero-order valence-electron chi connectivity index (χ0n) is 17.3. The lowest BCUT2D eigenvalue weighted by atomic mass is 10.2. The maximum Gasteiger partial charge on any atom is 0.192 e. The van der Waals surface area contributed by atoms with Gasteiger partial charge in [0, 0.05) is 0 Å². The summed E-state index contributed by atoms with van der Waals surface area (Å²) in [4.78, 5) is 8.55. The van der Waals surface area contributed by atoms with Crippen LogP contribution in [-0.4, -0.2) is 35.6 Å². The molecule has 0 atom stereocenters. The molecule has 7 nitrogen and oxygen atoms in total. The summed E-state index contributed by atoms with van der Waals surface area (Å²) in [6.07, 6.45) is 0. The molecular formula is C24H18N6OS2. The average molecular weight is 471 g/mol. The molecule has 2 N–H and O–H groups in total. The second kappa shape index (κ2) is 9.32. The van der Waals surface area contributed by atoms with Crippen molar-refractivity contribution in [3.63, 3.8) is 0 Å². The second-order valence-electron chi connectivity index (χ2n) is 7.18. The number of thioether (sulfide) groups is 1. The maximum absolute atomic E-state index is 10.7. The molecule has 5 rings (SSSR count). The van der Waals surface area contributed by atoms with E-state index in [4.69, 9.17) is 0 Å². The van der Waals surface area contributed by atoms with Gasteiger partial charge in [-0.15, -0.1) is 21.5 Å². The van der Waals surface area contributed by atoms with E-state index in [0.717, 1.165) is 27.3 Å². The summed E-state index contributed by atoms with van der Waals surface area (Å²) in [5.74, 6) is 1.23. The Morgan fingerprint density at radius 1 is 1.06 bits per heavy atom. The highest BCUT2D eigenvalue weighted by Crippen LogP contribution is 2.30. The molecule has 0 unspecified atom stereocenters. The third-order valence-corrected chi connectivity index (χ3v) is 6.85. The van der Waals surface area contributed by atoms with E-state index in [0.29, 0.717) is 17.5 Å². The fourth-order valence-electron chi connectivity index (χ4n) is 3.42. The van der Waals surface area contributed by atoms with Crippen LogP contribution in [-0.2, 0) is 6.54 Å². The largest absolute Gasteiger partial charge is 0.510 e. The van der Waals surface area contributed by atoms with E-state index in [1.54, 1.807) is 11.3 Å². The molecule has 33 heavy (non-hydrogen) atoms. The summed E-state index contributed by atoms with van der Waals surface area (Å²) < 4.78 is 2.03. The van der Waals surface area contributed by atoms with Crippen molar-refractivity contribution < 1.29 is 5.11 Å². The molecule has 9 heteroatoms. The van der Waals surface area contributed by atoms with Gasteiger partial charge in [0.1, 0.15) is 17.4 Å². The minimum atomic E-state index is -0.0616. The van der Waals surface area contributed by atoms with Crippen molar-refractivity contribution in [1.82, 2.24) is 24.7 Å². The molecule has 0 radical (unpaired) electrons. The predicted molar refractivity (Wildman–Crippen MR) is 131 cm³/mol. The molecule has 5 aromatic rings. The molecule has 0 aliphatic carbocycles. The zero-order valence-corrected chi connectivity index (χ0v) is 19.0. The molecule has 0 aliphatic rings. The summed E-state index contributed by atoms with van der Waals surface area (Å²) in [6, 6.07) is 23.7. The first-order valence-corrected chi connectivity index (χ1v) is 12.0. The van der Waals surface area contributed by atoms with E-state index >= 15 is 0 Å². The zero-order chi connectivity index (χ0) is 22.6. The van der Waals surface area contributed by atoms with Crippen LogP contribution >= 0.6 is 23.1 Å². The van der Waals surface area contributed by atoms with Gasteiger partial charge in [-0.25, -0.2) is 4.98 Å². The number of hydrogen-bond acceptors (Lipinski definition) is 7. The van der Waals surface area contributed by atoms with Gasteiger partial charge in [-0.2, -0.15) is 5.26 Å². The second-order valence-corrected chi connectivity index (χ2v) is 9.07.